The Morgan fingerprint density at radius 2 is 2.00 bits per heavy atom. The summed E-state index contributed by atoms with van der Waals surface area (Å²) in [6, 6.07) is 8.00. The fourth-order valence-corrected chi connectivity index (χ4v) is 3.83. The molecule has 0 amide bonds. The van der Waals surface area contributed by atoms with Crippen molar-refractivity contribution >= 4 is 11.3 Å². The van der Waals surface area contributed by atoms with E-state index < -0.39 is 11.3 Å². The minimum atomic E-state index is -2.17. The van der Waals surface area contributed by atoms with Gasteiger partial charge in [0.15, 0.2) is 0 Å². The Labute approximate surface area is 151 Å². The number of nitrogens with zero attached hydrogens (tertiary/aromatic N) is 2. The van der Waals surface area contributed by atoms with E-state index >= 15 is 0 Å². The molecule has 6 nitrogen and oxygen atoms in total. The van der Waals surface area contributed by atoms with Gasteiger partial charge in [0.2, 0.25) is 0 Å². The van der Waals surface area contributed by atoms with E-state index in [4.69, 9.17) is 4.74 Å². The summed E-state index contributed by atoms with van der Waals surface area (Å²) in [6.45, 7) is 1.20. The average Bonchev–Trinajstić information content (AvgIpc) is 3.16. The maximum Gasteiger partial charge on any atom is 0.119 e. The number of hydrogen-bond donors (Lipinski definition) is 1. The molecule has 3 unspecified atom stereocenters. The van der Waals surface area contributed by atoms with E-state index in [0.717, 1.165) is 30.7 Å². The van der Waals surface area contributed by atoms with Gasteiger partial charge in [-0.2, -0.15) is 0 Å². The molecule has 3 rings (SSSR count). The molecule has 0 saturated heterocycles. The van der Waals surface area contributed by atoms with Gasteiger partial charge in [-0.05, 0) is 48.9 Å². The first-order valence-electron chi connectivity index (χ1n) is 8.76. The number of benzene rings is 1. The van der Waals surface area contributed by atoms with Gasteiger partial charge in [-0.3, -0.25) is 4.21 Å². The minimum absolute atomic E-state index is 0.490. The molecule has 0 bridgehead atoms. The minimum Gasteiger partial charge on any atom is -0.760 e. The van der Waals surface area contributed by atoms with Crippen molar-refractivity contribution in [2.75, 3.05) is 13.2 Å². The van der Waals surface area contributed by atoms with E-state index in [9.17, 15) is 8.76 Å². The molecule has 25 heavy (non-hydrogen) atoms. The van der Waals surface area contributed by atoms with Gasteiger partial charge in [-0.15, -0.1) is 0 Å². The fraction of sp³-hybridized carbons (Fsp3) is 0.500. The normalized spacial score (nSPS) is 21.8. The van der Waals surface area contributed by atoms with Crippen LogP contribution in [-0.2, 0) is 11.3 Å². The molecular weight excluding hydrogens is 338 g/mol. The standard InChI is InChI=1S/C18H25N3O3S/c22-25(23)20-10-9-15-3-1-2-4-16(15)13-24-18-7-5-17(6-8-18)21-12-11-19-14-21/h5-8,11-12,14-16,20H,1-4,9-10,13H2,(H,22,23)/p-1. The summed E-state index contributed by atoms with van der Waals surface area (Å²) >= 11 is -2.17. The highest BCUT2D eigenvalue weighted by atomic mass is 32.2. The van der Waals surface area contributed by atoms with Crippen molar-refractivity contribution in [1.29, 1.82) is 0 Å². The Bertz CT molecular complexity index is 661. The van der Waals surface area contributed by atoms with E-state index in [-0.39, 0.29) is 0 Å². The molecule has 2 aromatic rings. The third-order valence-electron chi connectivity index (χ3n) is 4.90. The number of rotatable bonds is 8. The second-order valence-corrected chi connectivity index (χ2v) is 7.26. The summed E-state index contributed by atoms with van der Waals surface area (Å²) in [4.78, 5) is 4.05. The quantitative estimate of drug-likeness (QED) is 0.732. The van der Waals surface area contributed by atoms with E-state index in [2.05, 4.69) is 9.71 Å². The average molecular weight is 362 g/mol. The van der Waals surface area contributed by atoms with Gasteiger partial charge in [0, 0.05) is 35.9 Å². The lowest BCUT2D eigenvalue weighted by molar-refractivity contribution is 0.143. The Kier molecular flexibility index (Phi) is 6.61. The third kappa shape index (κ3) is 5.39. The smallest absolute Gasteiger partial charge is 0.119 e. The van der Waals surface area contributed by atoms with Gasteiger partial charge in [0.25, 0.3) is 0 Å². The molecule has 1 heterocycles. The molecule has 1 aromatic heterocycles. The fourth-order valence-electron chi connectivity index (χ4n) is 3.54. The summed E-state index contributed by atoms with van der Waals surface area (Å²) in [5, 5.41) is 0. The van der Waals surface area contributed by atoms with Crippen LogP contribution in [0.15, 0.2) is 43.0 Å². The van der Waals surface area contributed by atoms with Crippen LogP contribution in [0, 0.1) is 11.8 Å². The van der Waals surface area contributed by atoms with Crippen LogP contribution in [0.5, 0.6) is 5.75 Å². The second-order valence-electron chi connectivity index (χ2n) is 6.50. The van der Waals surface area contributed by atoms with E-state index in [0.29, 0.717) is 25.0 Å². The number of aromatic nitrogens is 2. The zero-order valence-corrected chi connectivity index (χ0v) is 15.0. The largest absolute Gasteiger partial charge is 0.760 e. The van der Waals surface area contributed by atoms with Crippen molar-refractivity contribution in [3.63, 3.8) is 0 Å². The molecule has 7 heteroatoms. The molecular formula is C18H24N3O3S-. The Balaban J connectivity index is 1.51. The first-order valence-corrected chi connectivity index (χ1v) is 9.84. The highest BCUT2D eigenvalue weighted by Crippen LogP contribution is 2.32. The molecule has 1 N–H and O–H groups in total. The number of nitrogens with one attached hydrogen (secondary N) is 1. The first kappa shape index (κ1) is 18.1. The van der Waals surface area contributed by atoms with Crippen LogP contribution in [0.4, 0.5) is 0 Å². The number of ether oxygens (including phenoxy) is 1. The van der Waals surface area contributed by atoms with Crippen LogP contribution in [0.2, 0.25) is 0 Å². The second kappa shape index (κ2) is 9.12. The molecule has 1 fully saturated rings. The van der Waals surface area contributed by atoms with Gasteiger partial charge in [-0.1, -0.05) is 19.3 Å². The van der Waals surface area contributed by atoms with Crippen LogP contribution in [-0.4, -0.2) is 31.5 Å². The molecule has 3 atom stereocenters. The summed E-state index contributed by atoms with van der Waals surface area (Å²) in [7, 11) is 0. The van der Waals surface area contributed by atoms with E-state index in [1.54, 1.807) is 12.5 Å². The predicted molar refractivity (Wildman–Crippen MR) is 96.0 cm³/mol. The van der Waals surface area contributed by atoms with Crippen LogP contribution in [0.25, 0.3) is 5.69 Å². The van der Waals surface area contributed by atoms with Crippen LogP contribution >= 0.6 is 0 Å². The van der Waals surface area contributed by atoms with Gasteiger partial charge in [0.05, 0.1) is 12.9 Å². The molecule has 1 aromatic carbocycles. The Hall–Kier alpha value is -1.70. The van der Waals surface area contributed by atoms with Crippen LogP contribution in [0.3, 0.4) is 0 Å². The first-order chi connectivity index (χ1) is 12.2. The monoisotopic (exact) mass is 362 g/mol. The van der Waals surface area contributed by atoms with Crippen molar-refractivity contribution in [3.05, 3.63) is 43.0 Å². The Morgan fingerprint density at radius 3 is 2.68 bits per heavy atom. The zero-order chi connectivity index (χ0) is 17.5. The predicted octanol–water partition coefficient (Wildman–Crippen LogP) is 2.83. The lowest BCUT2D eigenvalue weighted by Gasteiger charge is -2.31. The van der Waals surface area contributed by atoms with Crippen molar-refractivity contribution < 1.29 is 13.5 Å². The zero-order valence-electron chi connectivity index (χ0n) is 14.2. The summed E-state index contributed by atoms with van der Waals surface area (Å²) in [5.41, 5.74) is 1.05. The number of hydrogen-bond acceptors (Lipinski definition) is 4. The SMILES string of the molecule is O=S([O-])NCCC1CCCCC1COc1ccc(-n2ccnc2)cc1. The maximum absolute atomic E-state index is 10.6. The highest BCUT2D eigenvalue weighted by Gasteiger charge is 2.25. The maximum atomic E-state index is 10.6. The van der Waals surface area contributed by atoms with Gasteiger partial charge in [-0.25, -0.2) is 9.71 Å². The van der Waals surface area contributed by atoms with Crippen molar-refractivity contribution in [3.8, 4) is 11.4 Å². The van der Waals surface area contributed by atoms with Crippen LogP contribution < -0.4 is 9.46 Å². The van der Waals surface area contributed by atoms with Gasteiger partial charge < -0.3 is 13.9 Å². The molecule has 0 spiro atoms. The molecule has 0 radical (unpaired) electrons. The topological polar surface area (TPSA) is 79.2 Å². The van der Waals surface area contributed by atoms with E-state index in [1.165, 1.54) is 12.8 Å². The Morgan fingerprint density at radius 1 is 1.24 bits per heavy atom. The molecule has 1 saturated carbocycles. The molecule has 136 valence electrons. The van der Waals surface area contributed by atoms with Gasteiger partial charge >= 0.3 is 0 Å². The highest BCUT2D eigenvalue weighted by molar-refractivity contribution is 7.77. The van der Waals surface area contributed by atoms with Crippen LogP contribution in [0.1, 0.15) is 32.1 Å². The van der Waals surface area contributed by atoms with E-state index in [1.807, 2.05) is 35.0 Å². The van der Waals surface area contributed by atoms with Gasteiger partial charge in [0.1, 0.15) is 5.75 Å². The summed E-state index contributed by atoms with van der Waals surface area (Å²) < 4.78 is 31.6. The molecule has 1 aliphatic rings. The third-order valence-corrected chi connectivity index (χ3v) is 5.34. The molecule has 1 aliphatic carbocycles. The van der Waals surface area contributed by atoms with Crippen molar-refractivity contribution in [2.45, 2.75) is 32.1 Å². The van der Waals surface area contributed by atoms with Crippen molar-refractivity contribution in [1.82, 2.24) is 14.3 Å². The summed E-state index contributed by atoms with van der Waals surface area (Å²) in [6.07, 6.45) is 11.1. The molecule has 0 aliphatic heterocycles. The summed E-state index contributed by atoms with van der Waals surface area (Å²) in [5.74, 6) is 1.88. The number of imidazole rings is 1. The lowest BCUT2D eigenvalue weighted by atomic mass is 9.78. The lowest BCUT2D eigenvalue weighted by Crippen LogP contribution is -2.29. The van der Waals surface area contributed by atoms with Crippen molar-refractivity contribution in [2.24, 2.45) is 11.8 Å².